The zero-order valence-electron chi connectivity index (χ0n) is 7.36. The Hall–Kier alpha value is -1.55. The number of aromatic nitrogens is 2. The lowest BCUT2D eigenvalue weighted by Gasteiger charge is -2.15. The summed E-state index contributed by atoms with van der Waals surface area (Å²) in [7, 11) is 1.83. The molecule has 0 spiro atoms. The molecule has 0 amide bonds. The molecule has 0 aliphatic heterocycles. The fraction of sp³-hybridized carbons (Fsp3) is 0.222. The molecule has 0 aliphatic rings. The summed E-state index contributed by atoms with van der Waals surface area (Å²) in [4.78, 5) is 8.88. The number of hydrogen-bond acceptors (Lipinski definition) is 3. The van der Waals surface area contributed by atoms with Crippen molar-refractivity contribution in [2.45, 2.75) is 0 Å². The van der Waals surface area contributed by atoms with E-state index in [9.17, 15) is 0 Å². The summed E-state index contributed by atoms with van der Waals surface area (Å²) >= 11 is 0. The monoisotopic (exact) mass is 177 g/mol. The van der Waals surface area contributed by atoms with Crippen LogP contribution < -0.4 is 4.90 Å². The summed E-state index contributed by atoms with van der Waals surface area (Å²) in [6.45, 7) is 0.0135. The van der Waals surface area contributed by atoms with Crippen molar-refractivity contribution in [2.24, 2.45) is 0 Å². The van der Waals surface area contributed by atoms with E-state index in [1.54, 1.807) is 11.2 Å². The van der Waals surface area contributed by atoms with Gasteiger partial charge in [0.15, 0.2) is 0 Å². The number of aliphatic hydroxyl groups is 1. The highest BCUT2D eigenvalue weighted by Crippen LogP contribution is 2.17. The van der Waals surface area contributed by atoms with Gasteiger partial charge in [-0.05, 0) is 18.2 Å². The molecular formula is C9H11N3O. The first kappa shape index (κ1) is 8.07. The number of H-pyrrole nitrogens is 1. The van der Waals surface area contributed by atoms with E-state index in [-0.39, 0.29) is 6.73 Å². The van der Waals surface area contributed by atoms with E-state index in [0.29, 0.717) is 0 Å². The minimum Gasteiger partial charge on any atom is -0.376 e. The van der Waals surface area contributed by atoms with Gasteiger partial charge in [0, 0.05) is 12.7 Å². The Morgan fingerprint density at radius 2 is 2.38 bits per heavy atom. The molecule has 4 nitrogen and oxygen atoms in total. The van der Waals surface area contributed by atoms with Gasteiger partial charge in [-0.1, -0.05) is 0 Å². The molecule has 1 heterocycles. The van der Waals surface area contributed by atoms with Gasteiger partial charge in [0.05, 0.1) is 17.4 Å². The Bertz CT molecular complexity index is 410. The summed E-state index contributed by atoms with van der Waals surface area (Å²) in [6.07, 6.45) is 1.66. The predicted octanol–water partition coefficient (Wildman–Crippen LogP) is 0.949. The van der Waals surface area contributed by atoms with Gasteiger partial charge in [-0.15, -0.1) is 0 Å². The molecule has 0 bridgehead atoms. The van der Waals surface area contributed by atoms with E-state index in [4.69, 9.17) is 5.11 Å². The number of anilines is 1. The first-order chi connectivity index (χ1) is 6.31. The zero-order valence-corrected chi connectivity index (χ0v) is 7.36. The largest absolute Gasteiger partial charge is 0.376 e. The molecule has 0 saturated heterocycles. The van der Waals surface area contributed by atoms with Crippen molar-refractivity contribution in [3.8, 4) is 0 Å². The maximum Gasteiger partial charge on any atom is 0.115 e. The maximum atomic E-state index is 8.91. The lowest BCUT2D eigenvalue weighted by molar-refractivity contribution is 0.298. The van der Waals surface area contributed by atoms with Crippen LogP contribution in [0.25, 0.3) is 11.0 Å². The van der Waals surface area contributed by atoms with Gasteiger partial charge in [-0.25, -0.2) is 4.98 Å². The van der Waals surface area contributed by atoms with Crippen LogP contribution in [0.15, 0.2) is 24.5 Å². The average molecular weight is 177 g/mol. The SMILES string of the molecule is CN(CO)c1ccc2nc[nH]c2c1. The molecule has 0 aliphatic carbocycles. The lowest BCUT2D eigenvalue weighted by Crippen LogP contribution is -2.17. The van der Waals surface area contributed by atoms with E-state index in [2.05, 4.69) is 9.97 Å². The molecule has 0 radical (unpaired) electrons. The Morgan fingerprint density at radius 3 is 3.15 bits per heavy atom. The van der Waals surface area contributed by atoms with E-state index < -0.39 is 0 Å². The third-order valence-electron chi connectivity index (χ3n) is 2.06. The van der Waals surface area contributed by atoms with Crippen LogP contribution in [0.3, 0.4) is 0 Å². The van der Waals surface area contributed by atoms with Crippen molar-refractivity contribution in [1.82, 2.24) is 9.97 Å². The first-order valence-electron chi connectivity index (χ1n) is 4.06. The number of hydrogen-bond donors (Lipinski definition) is 2. The lowest BCUT2D eigenvalue weighted by atomic mass is 10.2. The number of rotatable bonds is 2. The number of imidazole rings is 1. The fourth-order valence-corrected chi connectivity index (χ4v) is 1.24. The molecule has 2 N–H and O–H groups in total. The zero-order chi connectivity index (χ0) is 9.26. The standard InChI is InChI=1S/C9H11N3O/c1-12(6-13)7-2-3-8-9(4-7)11-5-10-8/h2-5,13H,6H2,1H3,(H,10,11). The Balaban J connectivity index is 2.48. The van der Waals surface area contributed by atoms with E-state index in [1.807, 2.05) is 25.2 Å². The van der Waals surface area contributed by atoms with E-state index >= 15 is 0 Å². The topological polar surface area (TPSA) is 52.1 Å². The van der Waals surface area contributed by atoms with Crippen LogP contribution in [0, 0.1) is 0 Å². The molecule has 0 fully saturated rings. The average Bonchev–Trinajstić information content (AvgIpc) is 2.63. The quantitative estimate of drug-likeness (QED) is 0.671. The first-order valence-corrected chi connectivity index (χ1v) is 4.06. The van der Waals surface area contributed by atoms with Crippen LogP contribution in [0.1, 0.15) is 0 Å². The van der Waals surface area contributed by atoms with Gasteiger partial charge in [-0.2, -0.15) is 0 Å². The van der Waals surface area contributed by atoms with Crippen molar-refractivity contribution in [2.75, 3.05) is 18.7 Å². The number of nitrogens with one attached hydrogen (secondary N) is 1. The minimum atomic E-state index is 0.0135. The molecule has 13 heavy (non-hydrogen) atoms. The van der Waals surface area contributed by atoms with Gasteiger partial charge in [0.2, 0.25) is 0 Å². The van der Waals surface area contributed by atoms with Gasteiger partial charge in [-0.3, -0.25) is 0 Å². The second-order valence-electron chi connectivity index (χ2n) is 2.94. The third kappa shape index (κ3) is 1.36. The highest BCUT2D eigenvalue weighted by atomic mass is 16.3. The summed E-state index contributed by atoms with van der Waals surface area (Å²) < 4.78 is 0. The van der Waals surface area contributed by atoms with E-state index in [1.165, 1.54) is 0 Å². The minimum absolute atomic E-state index is 0.0135. The van der Waals surface area contributed by atoms with Crippen LogP contribution in [-0.4, -0.2) is 28.9 Å². The van der Waals surface area contributed by atoms with Crippen LogP contribution in [0.4, 0.5) is 5.69 Å². The molecule has 0 atom stereocenters. The number of fused-ring (bicyclic) bond motifs is 1. The maximum absolute atomic E-state index is 8.91. The number of aromatic amines is 1. The highest BCUT2D eigenvalue weighted by Gasteiger charge is 2.01. The summed E-state index contributed by atoms with van der Waals surface area (Å²) in [6, 6.07) is 5.81. The Kier molecular flexibility index (Phi) is 1.90. The molecule has 2 aromatic rings. The van der Waals surface area contributed by atoms with Crippen molar-refractivity contribution in [3.05, 3.63) is 24.5 Å². The summed E-state index contributed by atoms with van der Waals surface area (Å²) in [5.41, 5.74) is 2.90. The molecule has 0 saturated carbocycles. The number of nitrogens with zero attached hydrogens (tertiary/aromatic N) is 2. The molecule has 1 aromatic carbocycles. The molecule has 2 rings (SSSR count). The van der Waals surface area contributed by atoms with Crippen LogP contribution >= 0.6 is 0 Å². The smallest absolute Gasteiger partial charge is 0.115 e. The molecular weight excluding hydrogens is 166 g/mol. The molecule has 1 aromatic heterocycles. The van der Waals surface area contributed by atoms with Crippen LogP contribution in [0.5, 0.6) is 0 Å². The van der Waals surface area contributed by atoms with Crippen molar-refractivity contribution in [3.63, 3.8) is 0 Å². The second kappa shape index (κ2) is 3.06. The predicted molar refractivity (Wildman–Crippen MR) is 51.6 cm³/mol. The number of benzene rings is 1. The van der Waals surface area contributed by atoms with Gasteiger partial charge in [0.1, 0.15) is 6.73 Å². The van der Waals surface area contributed by atoms with Crippen LogP contribution in [0.2, 0.25) is 0 Å². The van der Waals surface area contributed by atoms with Crippen molar-refractivity contribution >= 4 is 16.7 Å². The van der Waals surface area contributed by atoms with Gasteiger partial charge < -0.3 is 15.0 Å². The summed E-state index contributed by atoms with van der Waals surface area (Å²) in [5, 5.41) is 8.91. The van der Waals surface area contributed by atoms with Crippen LogP contribution in [-0.2, 0) is 0 Å². The second-order valence-corrected chi connectivity index (χ2v) is 2.94. The van der Waals surface area contributed by atoms with Gasteiger partial charge in [0.25, 0.3) is 0 Å². The normalized spacial score (nSPS) is 10.6. The highest BCUT2D eigenvalue weighted by molar-refractivity contribution is 5.78. The Labute approximate surface area is 75.8 Å². The van der Waals surface area contributed by atoms with E-state index in [0.717, 1.165) is 16.7 Å². The summed E-state index contributed by atoms with van der Waals surface area (Å²) in [5.74, 6) is 0. The van der Waals surface area contributed by atoms with Crippen molar-refractivity contribution < 1.29 is 5.11 Å². The van der Waals surface area contributed by atoms with Gasteiger partial charge >= 0.3 is 0 Å². The molecule has 4 heteroatoms. The molecule has 0 unspecified atom stereocenters. The fourth-order valence-electron chi connectivity index (χ4n) is 1.24. The van der Waals surface area contributed by atoms with Crippen molar-refractivity contribution in [1.29, 1.82) is 0 Å². The Morgan fingerprint density at radius 1 is 1.54 bits per heavy atom. The molecule has 68 valence electrons. The number of aliphatic hydroxyl groups excluding tert-OH is 1. The third-order valence-corrected chi connectivity index (χ3v) is 2.06.